The van der Waals surface area contributed by atoms with Crippen LogP contribution in [0.1, 0.15) is 355 Å². The number of allylic oxidation sites excluding steroid dienone is 10. The Morgan fingerprint density at radius 3 is 0.844 bits per heavy atom. The van der Waals surface area contributed by atoms with E-state index in [1.807, 2.05) is 0 Å². The molecule has 0 aromatic heterocycles. The lowest BCUT2D eigenvalue weighted by Gasteiger charge is -2.18. The zero-order chi connectivity index (χ0) is 55.7. The molecular formula is C71H128O6. The van der Waals surface area contributed by atoms with Gasteiger partial charge in [-0.1, -0.05) is 319 Å². The summed E-state index contributed by atoms with van der Waals surface area (Å²) in [5, 5.41) is 0. The Labute approximate surface area is 479 Å². The summed E-state index contributed by atoms with van der Waals surface area (Å²) in [6.07, 6.45) is 83.9. The second kappa shape index (κ2) is 65.6. The molecule has 0 spiro atoms. The zero-order valence-electron chi connectivity index (χ0n) is 51.5. The lowest BCUT2D eigenvalue weighted by molar-refractivity contribution is -0.167. The van der Waals surface area contributed by atoms with Crippen LogP contribution in [-0.2, 0) is 28.6 Å². The average molecular weight is 1080 g/mol. The Morgan fingerprint density at radius 1 is 0.273 bits per heavy atom. The molecule has 0 radical (unpaired) electrons. The highest BCUT2D eigenvalue weighted by molar-refractivity contribution is 5.71. The van der Waals surface area contributed by atoms with Gasteiger partial charge in [0.1, 0.15) is 13.2 Å². The van der Waals surface area contributed by atoms with E-state index in [0.29, 0.717) is 19.3 Å². The van der Waals surface area contributed by atoms with E-state index in [0.717, 1.165) is 89.9 Å². The number of rotatable bonds is 62. The monoisotopic (exact) mass is 1080 g/mol. The van der Waals surface area contributed by atoms with Gasteiger partial charge < -0.3 is 14.2 Å². The Bertz CT molecular complexity index is 1380. The highest BCUT2D eigenvalue weighted by Crippen LogP contribution is 2.18. The van der Waals surface area contributed by atoms with Crippen molar-refractivity contribution in [3.8, 4) is 0 Å². The van der Waals surface area contributed by atoms with E-state index in [9.17, 15) is 14.4 Å². The molecule has 1 unspecified atom stereocenters. The first kappa shape index (κ1) is 74.1. The van der Waals surface area contributed by atoms with E-state index in [1.54, 1.807) is 0 Å². The summed E-state index contributed by atoms with van der Waals surface area (Å²) in [6.45, 7) is 6.54. The molecule has 0 amide bonds. The van der Waals surface area contributed by atoms with Gasteiger partial charge in [0.15, 0.2) is 6.10 Å². The normalized spacial score (nSPS) is 12.4. The Morgan fingerprint density at radius 2 is 0.519 bits per heavy atom. The maximum atomic E-state index is 12.9. The van der Waals surface area contributed by atoms with Crippen LogP contribution < -0.4 is 0 Å². The summed E-state index contributed by atoms with van der Waals surface area (Å²) in [6, 6.07) is 0. The number of carbonyl (C=O) groups is 3. The molecule has 77 heavy (non-hydrogen) atoms. The molecule has 6 heteroatoms. The molecule has 0 N–H and O–H groups in total. The summed E-state index contributed by atoms with van der Waals surface area (Å²) in [5.41, 5.74) is 0. The molecule has 0 rings (SSSR count). The smallest absolute Gasteiger partial charge is 0.306 e. The van der Waals surface area contributed by atoms with E-state index in [1.165, 1.54) is 225 Å². The van der Waals surface area contributed by atoms with Crippen molar-refractivity contribution in [1.29, 1.82) is 0 Å². The molecule has 0 aliphatic rings. The third-order valence-electron chi connectivity index (χ3n) is 15.0. The van der Waals surface area contributed by atoms with Crippen molar-refractivity contribution < 1.29 is 28.6 Å². The van der Waals surface area contributed by atoms with Crippen molar-refractivity contribution in [3.63, 3.8) is 0 Å². The molecule has 0 fully saturated rings. The Kier molecular flexibility index (Phi) is 63.2. The molecule has 0 heterocycles. The fraction of sp³-hybridized carbons (Fsp3) is 0.817. The predicted octanol–water partition coefficient (Wildman–Crippen LogP) is 23.1. The maximum absolute atomic E-state index is 12.9. The summed E-state index contributed by atoms with van der Waals surface area (Å²) >= 11 is 0. The van der Waals surface area contributed by atoms with Crippen LogP contribution in [0.15, 0.2) is 60.8 Å². The molecule has 1 atom stereocenters. The molecule has 0 aromatic rings. The van der Waals surface area contributed by atoms with Crippen LogP contribution >= 0.6 is 0 Å². The highest BCUT2D eigenvalue weighted by atomic mass is 16.6. The predicted molar refractivity (Wildman–Crippen MR) is 335 cm³/mol. The van der Waals surface area contributed by atoms with E-state index in [4.69, 9.17) is 14.2 Å². The molecule has 448 valence electrons. The summed E-state index contributed by atoms with van der Waals surface area (Å²) in [5.74, 6) is -0.861. The number of esters is 3. The van der Waals surface area contributed by atoms with Gasteiger partial charge in [0.05, 0.1) is 0 Å². The van der Waals surface area contributed by atoms with E-state index in [-0.39, 0.29) is 31.1 Å². The topological polar surface area (TPSA) is 78.9 Å². The Balaban J connectivity index is 4.19. The van der Waals surface area contributed by atoms with Gasteiger partial charge >= 0.3 is 17.9 Å². The number of unbranched alkanes of at least 4 members (excludes halogenated alkanes) is 41. The third-order valence-corrected chi connectivity index (χ3v) is 15.0. The lowest BCUT2D eigenvalue weighted by atomic mass is 10.0. The largest absolute Gasteiger partial charge is 0.462 e. The average Bonchev–Trinajstić information content (AvgIpc) is 3.43. The molecule has 6 nitrogen and oxygen atoms in total. The van der Waals surface area contributed by atoms with Crippen LogP contribution in [0.25, 0.3) is 0 Å². The third kappa shape index (κ3) is 63.8. The fourth-order valence-electron chi connectivity index (χ4n) is 9.95. The first-order valence-electron chi connectivity index (χ1n) is 33.8. The van der Waals surface area contributed by atoms with Crippen LogP contribution in [0.4, 0.5) is 0 Å². The molecule has 0 aromatic carbocycles. The van der Waals surface area contributed by atoms with Gasteiger partial charge in [-0.25, -0.2) is 0 Å². The second-order valence-corrected chi connectivity index (χ2v) is 22.7. The standard InChI is InChI=1S/C71H128O6/c1-4-7-10-13-16-19-22-24-26-28-30-32-33-34-35-36-37-39-40-42-44-46-49-52-55-58-61-64-70(73)76-67-68(66-75-69(72)63-60-57-54-51-48-21-18-15-12-9-6-3)77-71(74)65-62-59-56-53-50-47-45-43-41-38-31-29-27-25-23-20-17-14-11-8-5-2/h7,10,15-16,18-19,24,26,30,32,68H,4-6,8-9,11-14,17,20-23,25,27-29,31,33-67H2,1-3H3/b10-7-,18-15-,19-16-,26-24-,32-30-. The molecule has 0 saturated carbocycles. The van der Waals surface area contributed by atoms with Crippen LogP contribution in [0.5, 0.6) is 0 Å². The quantitative estimate of drug-likeness (QED) is 0.0261. The number of carbonyl (C=O) groups excluding carboxylic acids is 3. The van der Waals surface area contributed by atoms with Crippen LogP contribution in [-0.4, -0.2) is 37.2 Å². The first-order valence-corrected chi connectivity index (χ1v) is 33.8. The SMILES string of the molecule is CC/C=C\C/C=C\C/C=C\C/C=C\CCCCCCCCCCCCCCCCC(=O)OCC(COC(=O)CCCCCCC/C=C\CCCC)OC(=O)CCCCCCCCCCCCCCCCCCCCCCC. The van der Waals surface area contributed by atoms with Crippen molar-refractivity contribution in [2.75, 3.05) is 13.2 Å². The summed E-state index contributed by atoms with van der Waals surface area (Å²) in [7, 11) is 0. The van der Waals surface area contributed by atoms with Gasteiger partial charge in [0, 0.05) is 19.3 Å². The van der Waals surface area contributed by atoms with Gasteiger partial charge in [-0.3, -0.25) is 14.4 Å². The number of hydrogen-bond acceptors (Lipinski definition) is 6. The van der Waals surface area contributed by atoms with Crippen molar-refractivity contribution in [2.45, 2.75) is 361 Å². The molecular weight excluding hydrogens is 949 g/mol. The fourth-order valence-corrected chi connectivity index (χ4v) is 9.95. The summed E-state index contributed by atoms with van der Waals surface area (Å²) < 4.78 is 16.9. The minimum absolute atomic E-state index is 0.0727. The minimum Gasteiger partial charge on any atom is -0.462 e. The van der Waals surface area contributed by atoms with Crippen molar-refractivity contribution in [1.82, 2.24) is 0 Å². The van der Waals surface area contributed by atoms with E-state index in [2.05, 4.69) is 81.5 Å². The van der Waals surface area contributed by atoms with Crippen LogP contribution in [0.3, 0.4) is 0 Å². The van der Waals surface area contributed by atoms with E-state index >= 15 is 0 Å². The highest BCUT2D eigenvalue weighted by Gasteiger charge is 2.19. The molecule has 0 aliphatic heterocycles. The number of ether oxygens (including phenoxy) is 3. The van der Waals surface area contributed by atoms with Gasteiger partial charge in [-0.2, -0.15) is 0 Å². The summed E-state index contributed by atoms with van der Waals surface area (Å²) in [4.78, 5) is 38.3. The van der Waals surface area contributed by atoms with Crippen LogP contribution in [0, 0.1) is 0 Å². The minimum atomic E-state index is -0.775. The molecule has 0 saturated heterocycles. The van der Waals surface area contributed by atoms with E-state index < -0.39 is 6.10 Å². The molecule has 0 aliphatic carbocycles. The van der Waals surface area contributed by atoms with Crippen molar-refractivity contribution >= 4 is 17.9 Å². The van der Waals surface area contributed by atoms with Crippen molar-refractivity contribution in [3.05, 3.63) is 60.8 Å². The van der Waals surface area contributed by atoms with Gasteiger partial charge in [-0.15, -0.1) is 0 Å². The second-order valence-electron chi connectivity index (χ2n) is 22.7. The zero-order valence-corrected chi connectivity index (χ0v) is 51.5. The van der Waals surface area contributed by atoms with Crippen LogP contribution in [0.2, 0.25) is 0 Å². The van der Waals surface area contributed by atoms with Gasteiger partial charge in [-0.05, 0) is 77.0 Å². The van der Waals surface area contributed by atoms with Gasteiger partial charge in [0.2, 0.25) is 0 Å². The van der Waals surface area contributed by atoms with Crippen molar-refractivity contribution in [2.24, 2.45) is 0 Å². The van der Waals surface area contributed by atoms with Gasteiger partial charge in [0.25, 0.3) is 0 Å². The lowest BCUT2D eigenvalue weighted by Crippen LogP contribution is -2.30. The maximum Gasteiger partial charge on any atom is 0.306 e. The Hall–Kier alpha value is -2.89. The number of hydrogen-bond donors (Lipinski definition) is 0. The first-order chi connectivity index (χ1) is 38.0. The molecule has 0 bridgehead atoms.